The smallest absolute Gasteiger partial charge is 0.351 e. The molecule has 1 saturated heterocycles. The number of halogens is 3. The van der Waals surface area contributed by atoms with E-state index in [-0.39, 0.29) is 42.1 Å². The molecule has 1 aromatic carbocycles. The van der Waals surface area contributed by atoms with Crippen molar-refractivity contribution in [2.24, 2.45) is 5.92 Å². The van der Waals surface area contributed by atoms with E-state index < -0.39 is 35.8 Å². The van der Waals surface area contributed by atoms with Gasteiger partial charge in [0.15, 0.2) is 0 Å². The van der Waals surface area contributed by atoms with E-state index in [9.17, 15) is 27.6 Å². The van der Waals surface area contributed by atoms with Crippen LogP contribution < -0.4 is 10.6 Å². The Morgan fingerprint density at radius 3 is 2.42 bits per heavy atom. The molecule has 3 aliphatic heterocycles. The quantitative estimate of drug-likeness (QED) is 0.560. The highest BCUT2D eigenvalue weighted by Crippen LogP contribution is 2.42. The molecule has 2 atom stereocenters. The fourth-order valence-corrected chi connectivity index (χ4v) is 5.61. The molecule has 11 heteroatoms. The SMILES string of the molecule is CCN1C(=O)N[C@H](c2ccccc2C(F)(F)F)C2=C1CN([C@@H](CC(C)C)C(=O)NC1CCN(C)CC1)C2=O. The minimum atomic E-state index is -4.67. The second-order valence-electron chi connectivity index (χ2n) is 10.7. The van der Waals surface area contributed by atoms with Gasteiger partial charge in [-0.1, -0.05) is 32.0 Å². The fourth-order valence-electron chi connectivity index (χ4n) is 5.61. The predicted molar refractivity (Wildman–Crippen MR) is 136 cm³/mol. The number of benzene rings is 1. The number of likely N-dealkylation sites (N-methyl/N-ethyl adjacent to an activating group) is 1. The molecule has 4 rings (SSSR count). The summed E-state index contributed by atoms with van der Waals surface area (Å²) in [6, 6.07) is 2.31. The zero-order valence-electron chi connectivity index (χ0n) is 22.3. The first-order valence-corrected chi connectivity index (χ1v) is 13.2. The summed E-state index contributed by atoms with van der Waals surface area (Å²) in [5.74, 6) is -0.710. The Morgan fingerprint density at radius 2 is 1.82 bits per heavy atom. The van der Waals surface area contributed by atoms with E-state index in [2.05, 4.69) is 15.5 Å². The van der Waals surface area contributed by atoms with Crippen LogP contribution in [0.5, 0.6) is 0 Å². The normalized spacial score (nSPS) is 22.2. The molecule has 2 N–H and O–H groups in total. The molecule has 3 aliphatic rings. The Hall–Kier alpha value is -3.08. The van der Waals surface area contributed by atoms with Gasteiger partial charge in [-0.05, 0) is 63.9 Å². The highest BCUT2D eigenvalue weighted by Gasteiger charge is 2.48. The number of nitrogens with zero attached hydrogens (tertiary/aromatic N) is 3. The number of rotatable bonds is 7. The zero-order chi connectivity index (χ0) is 27.8. The average Bonchev–Trinajstić information content (AvgIpc) is 3.19. The summed E-state index contributed by atoms with van der Waals surface area (Å²) in [5, 5.41) is 5.73. The van der Waals surface area contributed by atoms with Crippen molar-refractivity contribution in [3.8, 4) is 0 Å². The van der Waals surface area contributed by atoms with E-state index >= 15 is 0 Å². The summed E-state index contributed by atoms with van der Waals surface area (Å²) in [7, 11) is 2.03. The van der Waals surface area contributed by atoms with Gasteiger partial charge in [0.1, 0.15) is 6.04 Å². The highest BCUT2D eigenvalue weighted by atomic mass is 19.4. The molecular formula is C27H36F3N5O3. The second-order valence-corrected chi connectivity index (χ2v) is 10.7. The number of carbonyl (C=O) groups is 3. The van der Waals surface area contributed by atoms with Crippen LogP contribution in [-0.4, -0.2) is 77.9 Å². The molecule has 0 bridgehead atoms. The molecule has 0 spiro atoms. The first kappa shape index (κ1) is 27.9. The van der Waals surface area contributed by atoms with Crippen molar-refractivity contribution in [3.05, 3.63) is 46.7 Å². The standard InChI is InChI=1S/C27H36F3N5O3/c1-5-34-21-15-35(20(14-16(2)3)24(36)31-17-10-12-33(4)13-11-17)25(37)22(21)23(32-26(34)38)18-8-6-7-9-19(18)27(28,29)30/h6-9,16-17,20,23H,5,10-15H2,1-4H3,(H,31,36)(H,32,38)/t20-,23+/m0/s1. The maximum atomic E-state index is 13.9. The van der Waals surface area contributed by atoms with Gasteiger partial charge >= 0.3 is 12.2 Å². The number of urea groups is 1. The molecule has 208 valence electrons. The van der Waals surface area contributed by atoms with Crippen LogP contribution in [0.15, 0.2) is 35.5 Å². The summed E-state index contributed by atoms with van der Waals surface area (Å²) in [4.78, 5) is 45.5. The van der Waals surface area contributed by atoms with E-state index in [1.807, 2.05) is 20.9 Å². The Morgan fingerprint density at radius 1 is 1.16 bits per heavy atom. The van der Waals surface area contributed by atoms with Gasteiger partial charge in [-0.15, -0.1) is 0 Å². The number of amides is 4. The van der Waals surface area contributed by atoms with E-state index in [4.69, 9.17) is 0 Å². The van der Waals surface area contributed by atoms with Crippen molar-refractivity contribution in [1.29, 1.82) is 0 Å². The minimum Gasteiger partial charge on any atom is -0.351 e. The zero-order valence-corrected chi connectivity index (χ0v) is 22.3. The van der Waals surface area contributed by atoms with Gasteiger partial charge in [0.2, 0.25) is 5.91 Å². The first-order valence-electron chi connectivity index (χ1n) is 13.2. The van der Waals surface area contributed by atoms with Gasteiger partial charge in [-0.3, -0.25) is 14.5 Å². The summed E-state index contributed by atoms with van der Waals surface area (Å²) in [6.45, 7) is 7.58. The number of nitrogens with one attached hydrogen (secondary N) is 2. The van der Waals surface area contributed by atoms with Crippen LogP contribution in [0.3, 0.4) is 0 Å². The van der Waals surface area contributed by atoms with Crippen molar-refractivity contribution in [3.63, 3.8) is 0 Å². The summed E-state index contributed by atoms with van der Waals surface area (Å²) < 4.78 is 41.7. The van der Waals surface area contributed by atoms with E-state index in [1.54, 1.807) is 6.92 Å². The van der Waals surface area contributed by atoms with E-state index in [0.29, 0.717) is 12.1 Å². The van der Waals surface area contributed by atoms with E-state index in [0.717, 1.165) is 32.0 Å². The molecule has 0 radical (unpaired) electrons. The molecular weight excluding hydrogens is 499 g/mol. The highest BCUT2D eigenvalue weighted by molar-refractivity contribution is 6.03. The van der Waals surface area contributed by atoms with Crippen LogP contribution in [0, 0.1) is 5.92 Å². The third-order valence-corrected chi connectivity index (χ3v) is 7.58. The van der Waals surface area contributed by atoms with Gasteiger partial charge in [0, 0.05) is 12.6 Å². The summed E-state index contributed by atoms with van der Waals surface area (Å²) in [5.41, 5.74) is -0.664. The summed E-state index contributed by atoms with van der Waals surface area (Å²) >= 11 is 0. The van der Waals surface area contributed by atoms with Crippen molar-refractivity contribution in [2.75, 3.05) is 33.2 Å². The lowest BCUT2D eigenvalue weighted by Gasteiger charge is -2.34. The number of alkyl halides is 3. The van der Waals surface area contributed by atoms with Crippen molar-refractivity contribution in [2.45, 2.75) is 64.3 Å². The molecule has 0 saturated carbocycles. The number of hydrogen-bond donors (Lipinski definition) is 2. The second kappa shape index (κ2) is 11.0. The number of likely N-dealkylation sites (tertiary alicyclic amines) is 1. The number of carbonyl (C=O) groups excluding carboxylic acids is 3. The topological polar surface area (TPSA) is 85.0 Å². The number of piperidine rings is 1. The van der Waals surface area contributed by atoms with Crippen molar-refractivity contribution < 1.29 is 27.6 Å². The van der Waals surface area contributed by atoms with Crippen LogP contribution in [0.1, 0.15) is 57.2 Å². The summed E-state index contributed by atoms with van der Waals surface area (Å²) in [6.07, 6.45) is -2.67. The third-order valence-electron chi connectivity index (χ3n) is 7.58. The minimum absolute atomic E-state index is 0.00422. The fraction of sp³-hybridized carbons (Fsp3) is 0.593. The van der Waals surface area contributed by atoms with Crippen LogP contribution in [0.4, 0.5) is 18.0 Å². The van der Waals surface area contributed by atoms with Gasteiger partial charge in [-0.2, -0.15) is 13.2 Å². The molecule has 1 fully saturated rings. The third kappa shape index (κ3) is 5.52. The number of hydrogen-bond acceptors (Lipinski definition) is 4. The molecule has 1 aromatic rings. The van der Waals surface area contributed by atoms with Crippen LogP contribution in [0.25, 0.3) is 0 Å². The maximum Gasteiger partial charge on any atom is 0.416 e. The Balaban J connectivity index is 1.68. The van der Waals surface area contributed by atoms with Crippen molar-refractivity contribution in [1.82, 2.24) is 25.3 Å². The van der Waals surface area contributed by atoms with Crippen LogP contribution in [-0.2, 0) is 15.8 Å². The Kier molecular flexibility index (Phi) is 8.06. The lowest BCUT2D eigenvalue weighted by Crippen LogP contribution is -2.53. The van der Waals surface area contributed by atoms with Gasteiger partial charge < -0.3 is 20.4 Å². The largest absolute Gasteiger partial charge is 0.416 e. The van der Waals surface area contributed by atoms with Crippen LogP contribution in [0.2, 0.25) is 0 Å². The van der Waals surface area contributed by atoms with Gasteiger partial charge in [0.25, 0.3) is 5.91 Å². The Labute approximate surface area is 221 Å². The molecule has 0 aromatic heterocycles. The predicted octanol–water partition coefficient (Wildman–Crippen LogP) is 3.51. The van der Waals surface area contributed by atoms with Crippen molar-refractivity contribution >= 4 is 17.8 Å². The molecule has 38 heavy (non-hydrogen) atoms. The lowest BCUT2D eigenvalue weighted by atomic mass is 9.91. The maximum absolute atomic E-state index is 13.9. The molecule has 8 nitrogen and oxygen atoms in total. The van der Waals surface area contributed by atoms with E-state index in [1.165, 1.54) is 28.0 Å². The average molecular weight is 536 g/mol. The Bertz CT molecular complexity index is 1110. The van der Waals surface area contributed by atoms with Crippen LogP contribution >= 0.6 is 0 Å². The molecule has 4 amide bonds. The first-order chi connectivity index (χ1) is 17.9. The van der Waals surface area contributed by atoms with Gasteiger partial charge in [-0.25, -0.2) is 4.79 Å². The molecule has 3 heterocycles. The van der Waals surface area contributed by atoms with Gasteiger partial charge in [0.05, 0.1) is 29.4 Å². The molecule has 0 aliphatic carbocycles. The monoisotopic (exact) mass is 535 g/mol. The molecule has 0 unspecified atom stereocenters. The lowest BCUT2D eigenvalue weighted by molar-refractivity contribution is -0.139.